The van der Waals surface area contributed by atoms with E-state index in [1.165, 1.54) is 11.8 Å². The Hall–Kier alpha value is -1.87. The van der Waals surface area contributed by atoms with Crippen LogP contribution in [0.3, 0.4) is 0 Å². The molecule has 0 bridgehead atoms. The number of hydrogen-bond acceptors (Lipinski definition) is 6. The molecule has 0 saturated carbocycles. The second kappa shape index (κ2) is 10.1. The number of nitrogens with zero attached hydrogens (tertiary/aromatic N) is 3. The van der Waals surface area contributed by atoms with E-state index in [4.69, 9.17) is 0 Å². The van der Waals surface area contributed by atoms with Crippen molar-refractivity contribution in [3.05, 3.63) is 28.7 Å². The molecule has 0 radical (unpaired) electrons. The molecule has 0 aliphatic heterocycles. The van der Waals surface area contributed by atoms with Gasteiger partial charge in [0.05, 0.1) is 12.3 Å². The summed E-state index contributed by atoms with van der Waals surface area (Å²) in [5, 5.41) is 15.5. The molecule has 24 heavy (non-hydrogen) atoms. The predicted molar refractivity (Wildman–Crippen MR) is 95.0 cm³/mol. The van der Waals surface area contributed by atoms with Crippen LogP contribution in [0.5, 0.6) is 0 Å². The number of thiophene rings is 1. The van der Waals surface area contributed by atoms with E-state index in [1.807, 2.05) is 22.1 Å². The molecule has 0 aliphatic carbocycles. The summed E-state index contributed by atoms with van der Waals surface area (Å²) in [4.78, 5) is 24.5. The van der Waals surface area contributed by atoms with Crippen LogP contribution in [0.25, 0.3) is 0 Å². The van der Waals surface area contributed by atoms with Crippen LogP contribution < -0.4 is 10.6 Å². The van der Waals surface area contributed by atoms with Gasteiger partial charge < -0.3 is 9.88 Å². The van der Waals surface area contributed by atoms with Gasteiger partial charge in [0.15, 0.2) is 5.16 Å². The summed E-state index contributed by atoms with van der Waals surface area (Å²) in [6.45, 7) is 3.40. The zero-order valence-corrected chi connectivity index (χ0v) is 15.2. The summed E-state index contributed by atoms with van der Waals surface area (Å²) in [6, 6.07) is 3.35. The first-order valence-electron chi connectivity index (χ1n) is 7.79. The van der Waals surface area contributed by atoms with Crippen LogP contribution in [0.1, 0.15) is 31.1 Å². The molecule has 0 unspecified atom stereocenters. The lowest BCUT2D eigenvalue weighted by Crippen LogP contribution is -2.39. The average molecular weight is 368 g/mol. The first-order valence-corrected chi connectivity index (χ1v) is 9.66. The van der Waals surface area contributed by atoms with Crippen molar-refractivity contribution in [3.8, 4) is 0 Å². The zero-order valence-electron chi connectivity index (χ0n) is 13.5. The van der Waals surface area contributed by atoms with Crippen molar-refractivity contribution in [2.45, 2.75) is 44.4 Å². The van der Waals surface area contributed by atoms with Gasteiger partial charge in [-0.2, -0.15) is 0 Å². The standard InChI is InChI=1S/C15H21N5O2S2/c1-2-3-4-7-20-11-17-19-15(20)24-10-13(21)18-14(22)16-9-12-6-5-8-23-12/h5-6,8,11H,2-4,7,9-10H2,1H3,(H2,16,18,21,22). The Labute approximate surface area is 149 Å². The van der Waals surface area contributed by atoms with Gasteiger partial charge in [-0.25, -0.2) is 4.79 Å². The summed E-state index contributed by atoms with van der Waals surface area (Å²) in [6.07, 6.45) is 5.02. The van der Waals surface area contributed by atoms with Crippen LogP contribution in [0, 0.1) is 0 Å². The van der Waals surface area contributed by atoms with Crippen LogP contribution in [0.4, 0.5) is 4.79 Å². The number of aryl methyl sites for hydroxylation is 1. The first-order chi connectivity index (χ1) is 11.7. The molecule has 0 aromatic carbocycles. The fourth-order valence-corrected chi connectivity index (χ4v) is 3.35. The van der Waals surface area contributed by atoms with Crippen LogP contribution in [0.2, 0.25) is 0 Å². The fraction of sp³-hybridized carbons (Fsp3) is 0.467. The minimum atomic E-state index is -0.488. The number of amides is 3. The van der Waals surface area contributed by atoms with Crippen molar-refractivity contribution < 1.29 is 9.59 Å². The molecule has 7 nitrogen and oxygen atoms in total. The molecular weight excluding hydrogens is 346 g/mol. The average Bonchev–Trinajstić information content (AvgIpc) is 3.23. The summed E-state index contributed by atoms with van der Waals surface area (Å²) >= 11 is 2.83. The zero-order chi connectivity index (χ0) is 17.2. The van der Waals surface area contributed by atoms with Crippen molar-refractivity contribution in [2.75, 3.05) is 5.75 Å². The van der Waals surface area contributed by atoms with Gasteiger partial charge in [0, 0.05) is 11.4 Å². The van der Waals surface area contributed by atoms with Gasteiger partial charge in [-0.3, -0.25) is 10.1 Å². The Balaban J connectivity index is 1.69. The number of thioether (sulfide) groups is 1. The van der Waals surface area contributed by atoms with Crippen LogP contribution >= 0.6 is 23.1 Å². The fourth-order valence-electron chi connectivity index (χ4n) is 1.96. The van der Waals surface area contributed by atoms with Crippen LogP contribution in [-0.2, 0) is 17.9 Å². The highest BCUT2D eigenvalue weighted by atomic mass is 32.2. The van der Waals surface area contributed by atoms with Crippen molar-refractivity contribution in [1.29, 1.82) is 0 Å². The Bertz CT molecular complexity index is 642. The van der Waals surface area contributed by atoms with Gasteiger partial charge in [-0.15, -0.1) is 21.5 Å². The van der Waals surface area contributed by atoms with E-state index in [9.17, 15) is 9.59 Å². The summed E-state index contributed by atoms with van der Waals surface area (Å²) < 4.78 is 1.93. The number of unbranched alkanes of at least 4 members (excludes halogenated alkanes) is 2. The van der Waals surface area contributed by atoms with Gasteiger partial charge in [-0.05, 0) is 17.9 Å². The largest absolute Gasteiger partial charge is 0.333 e. The van der Waals surface area contributed by atoms with Crippen molar-refractivity contribution >= 4 is 35.0 Å². The predicted octanol–water partition coefficient (Wildman–Crippen LogP) is 2.65. The molecule has 9 heteroatoms. The Morgan fingerprint density at radius 3 is 3.00 bits per heavy atom. The number of hydrogen-bond donors (Lipinski definition) is 2. The van der Waals surface area contributed by atoms with E-state index >= 15 is 0 Å². The summed E-state index contributed by atoms with van der Waals surface area (Å²) in [5.74, 6) is -0.231. The smallest absolute Gasteiger partial charge is 0.321 e. The number of aromatic nitrogens is 3. The summed E-state index contributed by atoms with van der Waals surface area (Å²) in [7, 11) is 0. The Morgan fingerprint density at radius 1 is 1.38 bits per heavy atom. The molecule has 0 saturated heterocycles. The molecule has 0 spiro atoms. The molecule has 2 heterocycles. The number of carbonyl (C=O) groups excluding carboxylic acids is 2. The third-order valence-corrected chi connectivity index (χ3v) is 5.03. The first kappa shape index (κ1) is 18.5. The van der Waals surface area contributed by atoms with Gasteiger partial charge in [0.2, 0.25) is 5.91 Å². The Kier molecular flexibility index (Phi) is 7.76. The van der Waals surface area contributed by atoms with Crippen LogP contribution in [0.15, 0.2) is 29.0 Å². The van der Waals surface area contributed by atoms with Crippen molar-refractivity contribution in [3.63, 3.8) is 0 Å². The maximum absolute atomic E-state index is 11.8. The van der Waals surface area contributed by atoms with Crippen molar-refractivity contribution in [2.24, 2.45) is 0 Å². The summed E-state index contributed by atoms with van der Waals surface area (Å²) in [5.41, 5.74) is 0. The molecule has 2 aromatic heterocycles. The second-order valence-electron chi connectivity index (χ2n) is 5.11. The third-order valence-electron chi connectivity index (χ3n) is 3.17. The molecule has 2 N–H and O–H groups in total. The van der Waals surface area contributed by atoms with E-state index < -0.39 is 6.03 Å². The number of urea groups is 1. The van der Waals surface area contributed by atoms with Gasteiger partial charge in [-0.1, -0.05) is 37.6 Å². The van der Waals surface area contributed by atoms with Crippen LogP contribution in [-0.4, -0.2) is 32.5 Å². The molecule has 3 amide bonds. The number of nitrogens with one attached hydrogen (secondary N) is 2. The number of carbonyl (C=O) groups is 2. The van der Waals surface area contributed by atoms with Gasteiger partial charge in [0.1, 0.15) is 6.33 Å². The SMILES string of the molecule is CCCCCn1cnnc1SCC(=O)NC(=O)NCc1cccs1. The molecule has 0 atom stereocenters. The molecule has 0 fully saturated rings. The highest BCUT2D eigenvalue weighted by Crippen LogP contribution is 2.15. The lowest BCUT2D eigenvalue weighted by atomic mass is 10.2. The van der Waals surface area contributed by atoms with Crippen molar-refractivity contribution in [1.82, 2.24) is 25.4 Å². The van der Waals surface area contributed by atoms with E-state index in [2.05, 4.69) is 27.8 Å². The van der Waals surface area contributed by atoms with Gasteiger partial charge in [0.25, 0.3) is 0 Å². The monoisotopic (exact) mass is 367 g/mol. The highest BCUT2D eigenvalue weighted by Gasteiger charge is 2.11. The number of rotatable bonds is 9. The molecule has 130 valence electrons. The van der Waals surface area contributed by atoms with Gasteiger partial charge >= 0.3 is 6.03 Å². The van der Waals surface area contributed by atoms with E-state index in [0.29, 0.717) is 11.7 Å². The minimum Gasteiger partial charge on any atom is -0.333 e. The third kappa shape index (κ3) is 6.32. The Morgan fingerprint density at radius 2 is 2.25 bits per heavy atom. The lowest BCUT2D eigenvalue weighted by molar-refractivity contribution is -0.117. The topological polar surface area (TPSA) is 88.9 Å². The van der Waals surface area contributed by atoms with E-state index in [0.717, 1.165) is 30.7 Å². The number of imide groups is 1. The molecule has 0 aliphatic rings. The van der Waals surface area contributed by atoms with E-state index in [1.54, 1.807) is 17.7 Å². The quantitative estimate of drug-likeness (QED) is 0.525. The normalized spacial score (nSPS) is 10.5. The highest BCUT2D eigenvalue weighted by molar-refractivity contribution is 7.99. The van der Waals surface area contributed by atoms with E-state index in [-0.39, 0.29) is 11.7 Å². The molecule has 2 aromatic rings. The molecule has 2 rings (SSSR count). The maximum Gasteiger partial charge on any atom is 0.321 e. The maximum atomic E-state index is 11.8. The second-order valence-corrected chi connectivity index (χ2v) is 7.09. The lowest BCUT2D eigenvalue weighted by Gasteiger charge is -2.07. The minimum absolute atomic E-state index is 0.124. The molecular formula is C15H21N5O2S2.